The van der Waals surface area contributed by atoms with E-state index in [0.29, 0.717) is 22.2 Å². The van der Waals surface area contributed by atoms with Gasteiger partial charge < -0.3 is 9.67 Å². The second kappa shape index (κ2) is 5.15. The van der Waals surface area contributed by atoms with Gasteiger partial charge in [-0.15, -0.1) is 0 Å². The van der Waals surface area contributed by atoms with E-state index in [9.17, 15) is 23.1 Å². The number of benzene rings is 2. The molecule has 0 saturated carbocycles. The first-order chi connectivity index (χ1) is 10.8. The number of hydrogen-bond donors (Lipinski definition) is 1. The Morgan fingerprint density at radius 3 is 2.22 bits per heavy atom. The lowest BCUT2D eigenvalue weighted by Gasteiger charge is -2.09. The number of hydrogen-bond acceptors (Lipinski definition) is 1. The van der Waals surface area contributed by atoms with Crippen LogP contribution in [0.1, 0.15) is 15.9 Å². The van der Waals surface area contributed by atoms with Gasteiger partial charge in [0, 0.05) is 18.0 Å². The summed E-state index contributed by atoms with van der Waals surface area (Å²) in [6.07, 6.45) is -4.42. The molecule has 0 spiro atoms. The zero-order chi connectivity index (χ0) is 16.8. The Hall–Kier alpha value is -2.76. The van der Waals surface area contributed by atoms with Gasteiger partial charge in [-0.1, -0.05) is 30.3 Å². The molecular weight excluding hydrogens is 307 g/mol. The minimum absolute atomic E-state index is 0.0860. The number of aryl methyl sites for hydroxylation is 1. The van der Waals surface area contributed by atoms with Crippen LogP contribution in [-0.4, -0.2) is 15.6 Å². The molecule has 0 aliphatic rings. The van der Waals surface area contributed by atoms with Crippen LogP contribution < -0.4 is 0 Å². The zero-order valence-corrected chi connectivity index (χ0v) is 12.1. The molecule has 1 N–H and O–H groups in total. The van der Waals surface area contributed by atoms with Crippen molar-refractivity contribution in [1.29, 1.82) is 0 Å². The van der Waals surface area contributed by atoms with E-state index < -0.39 is 17.7 Å². The Labute approximate surface area is 129 Å². The number of nitrogens with zero attached hydrogens (tertiary/aromatic N) is 1. The maximum absolute atomic E-state index is 12.7. The number of carboxylic acid groups (broad SMARTS) is 1. The van der Waals surface area contributed by atoms with E-state index in [1.807, 2.05) is 0 Å². The van der Waals surface area contributed by atoms with Gasteiger partial charge in [0.25, 0.3) is 0 Å². The molecule has 6 heteroatoms. The summed E-state index contributed by atoms with van der Waals surface area (Å²) in [5.74, 6) is -1.11. The lowest BCUT2D eigenvalue weighted by atomic mass is 10.0. The van der Waals surface area contributed by atoms with Gasteiger partial charge in [-0.05, 0) is 23.8 Å². The molecule has 0 unspecified atom stereocenters. The van der Waals surface area contributed by atoms with E-state index in [2.05, 4.69) is 0 Å². The van der Waals surface area contributed by atoms with Gasteiger partial charge in [0.15, 0.2) is 0 Å². The topological polar surface area (TPSA) is 42.2 Å². The molecule has 3 nitrogen and oxygen atoms in total. The Balaban J connectivity index is 2.26. The highest BCUT2D eigenvalue weighted by Gasteiger charge is 2.30. The van der Waals surface area contributed by atoms with Crippen LogP contribution in [0, 0.1) is 0 Å². The van der Waals surface area contributed by atoms with E-state index in [1.54, 1.807) is 35.9 Å². The monoisotopic (exact) mass is 319 g/mol. The largest absolute Gasteiger partial charge is 0.478 e. The Kier molecular flexibility index (Phi) is 3.39. The summed E-state index contributed by atoms with van der Waals surface area (Å²) in [5.41, 5.74) is 0.834. The maximum atomic E-state index is 12.7. The average molecular weight is 319 g/mol. The van der Waals surface area contributed by atoms with Crippen molar-refractivity contribution in [1.82, 2.24) is 4.57 Å². The minimum Gasteiger partial charge on any atom is -0.478 e. The summed E-state index contributed by atoms with van der Waals surface area (Å²) >= 11 is 0. The minimum atomic E-state index is -4.42. The summed E-state index contributed by atoms with van der Waals surface area (Å²) in [6.45, 7) is 0. The molecule has 0 aliphatic heterocycles. The van der Waals surface area contributed by atoms with Gasteiger partial charge in [0.2, 0.25) is 0 Å². The van der Waals surface area contributed by atoms with Crippen molar-refractivity contribution >= 4 is 16.9 Å². The number of rotatable bonds is 2. The molecule has 118 valence electrons. The van der Waals surface area contributed by atoms with Crippen molar-refractivity contribution in [2.24, 2.45) is 7.05 Å². The fourth-order valence-electron chi connectivity index (χ4n) is 2.76. The summed E-state index contributed by atoms with van der Waals surface area (Å²) in [6, 6.07) is 11.5. The summed E-state index contributed by atoms with van der Waals surface area (Å²) < 4.78 is 39.7. The van der Waals surface area contributed by atoms with Crippen molar-refractivity contribution in [3.8, 4) is 11.3 Å². The third-order valence-corrected chi connectivity index (χ3v) is 3.81. The molecule has 0 fully saturated rings. The van der Waals surface area contributed by atoms with Crippen LogP contribution in [0.3, 0.4) is 0 Å². The third-order valence-electron chi connectivity index (χ3n) is 3.81. The van der Waals surface area contributed by atoms with Crippen molar-refractivity contribution in [3.05, 3.63) is 59.7 Å². The van der Waals surface area contributed by atoms with Gasteiger partial charge >= 0.3 is 12.1 Å². The van der Waals surface area contributed by atoms with Gasteiger partial charge in [-0.2, -0.15) is 13.2 Å². The first-order valence-corrected chi connectivity index (χ1v) is 6.79. The quantitative estimate of drug-likeness (QED) is 0.752. The number of carbonyl (C=O) groups is 1. The maximum Gasteiger partial charge on any atom is 0.416 e. The van der Waals surface area contributed by atoms with Crippen LogP contribution in [0.4, 0.5) is 13.2 Å². The van der Waals surface area contributed by atoms with E-state index in [1.165, 1.54) is 12.1 Å². The molecular formula is C17H12F3NO2. The molecule has 3 rings (SSSR count). The molecule has 0 amide bonds. The predicted octanol–water partition coefficient (Wildman–Crippen LogP) is 4.56. The molecule has 1 aromatic heterocycles. The Morgan fingerprint density at radius 1 is 1.04 bits per heavy atom. The second-order valence-electron chi connectivity index (χ2n) is 5.18. The molecule has 0 aliphatic carbocycles. The van der Waals surface area contributed by atoms with E-state index in [0.717, 1.165) is 12.1 Å². The van der Waals surface area contributed by atoms with Crippen LogP contribution in [0.2, 0.25) is 0 Å². The van der Waals surface area contributed by atoms with E-state index >= 15 is 0 Å². The van der Waals surface area contributed by atoms with E-state index in [-0.39, 0.29) is 5.56 Å². The molecule has 0 radical (unpaired) electrons. The highest BCUT2D eigenvalue weighted by atomic mass is 19.4. The fraction of sp³-hybridized carbons (Fsp3) is 0.118. The fourth-order valence-corrected chi connectivity index (χ4v) is 2.76. The van der Waals surface area contributed by atoms with Crippen molar-refractivity contribution in [2.75, 3.05) is 0 Å². The Bertz CT molecular complexity index is 893. The summed E-state index contributed by atoms with van der Waals surface area (Å²) in [5, 5.41) is 10.1. The van der Waals surface area contributed by atoms with Crippen molar-refractivity contribution in [3.63, 3.8) is 0 Å². The predicted molar refractivity (Wildman–Crippen MR) is 80.3 cm³/mol. The molecule has 1 heterocycles. The summed E-state index contributed by atoms with van der Waals surface area (Å²) in [4.78, 5) is 11.7. The zero-order valence-electron chi connectivity index (χ0n) is 12.1. The number of aromatic nitrogens is 1. The van der Waals surface area contributed by atoms with Gasteiger partial charge in [0.1, 0.15) is 0 Å². The smallest absolute Gasteiger partial charge is 0.416 e. The average Bonchev–Trinajstić information content (AvgIpc) is 2.80. The molecule has 3 aromatic rings. The second-order valence-corrected chi connectivity index (χ2v) is 5.18. The van der Waals surface area contributed by atoms with Crippen LogP contribution in [0.15, 0.2) is 48.5 Å². The van der Waals surface area contributed by atoms with Gasteiger partial charge in [0.05, 0.1) is 16.8 Å². The summed E-state index contributed by atoms with van der Waals surface area (Å²) in [7, 11) is 1.70. The van der Waals surface area contributed by atoms with Crippen molar-refractivity contribution in [2.45, 2.75) is 6.18 Å². The first kappa shape index (κ1) is 15.1. The standard InChI is InChI=1S/C17H12F3NO2/c1-21-13-5-3-2-4-12(13)14(16(22)23)15(21)10-6-8-11(9-7-10)17(18,19)20/h2-9H,1H3,(H,22,23). The number of fused-ring (bicyclic) bond motifs is 1. The van der Waals surface area contributed by atoms with Gasteiger partial charge in [-0.25, -0.2) is 4.79 Å². The molecule has 0 atom stereocenters. The van der Waals surface area contributed by atoms with Gasteiger partial charge in [-0.3, -0.25) is 0 Å². The first-order valence-electron chi connectivity index (χ1n) is 6.79. The molecule has 0 saturated heterocycles. The normalized spacial score (nSPS) is 11.8. The highest BCUT2D eigenvalue weighted by Crippen LogP contribution is 2.35. The van der Waals surface area contributed by atoms with Crippen LogP contribution in [-0.2, 0) is 13.2 Å². The third kappa shape index (κ3) is 2.46. The highest BCUT2D eigenvalue weighted by molar-refractivity contribution is 6.09. The van der Waals surface area contributed by atoms with Crippen LogP contribution >= 0.6 is 0 Å². The number of carboxylic acids is 1. The molecule has 2 aromatic carbocycles. The lowest BCUT2D eigenvalue weighted by Crippen LogP contribution is -2.05. The number of para-hydroxylation sites is 1. The molecule has 23 heavy (non-hydrogen) atoms. The molecule has 0 bridgehead atoms. The SMILES string of the molecule is Cn1c(-c2ccc(C(F)(F)F)cc2)c(C(=O)O)c2ccccc21. The van der Waals surface area contributed by atoms with E-state index in [4.69, 9.17) is 0 Å². The van der Waals surface area contributed by atoms with Crippen LogP contribution in [0.25, 0.3) is 22.2 Å². The number of alkyl halides is 3. The number of aromatic carboxylic acids is 1. The Morgan fingerprint density at radius 2 is 1.65 bits per heavy atom. The number of halogens is 3. The van der Waals surface area contributed by atoms with Crippen LogP contribution in [0.5, 0.6) is 0 Å². The van der Waals surface area contributed by atoms with Crippen molar-refractivity contribution < 1.29 is 23.1 Å². The lowest BCUT2D eigenvalue weighted by molar-refractivity contribution is -0.137.